The maximum Gasteiger partial charge on any atom is 0.422 e. The lowest BCUT2D eigenvalue weighted by Crippen LogP contribution is -2.31. The SMILES string of the molecule is O=C(CCNC(=O)OCC(F)(F)F)Nc1cc(C(F)(F)F)ccc1-n1cccn1. The molecule has 2 N–H and O–H groups in total. The number of nitrogens with one attached hydrogen (secondary N) is 2. The molecular formula is C16H14F6N4O3. The monoisotopic (exact) mass is 424 g/mol. The van der Waals surface area contributed by atoms with Crippen molar-refractivity contribution in [3.05, 3.63) is 42.2 Å². The van der Waals surface area contributed by atoms with E-state index in [1.54, 1.807) is 0 Å². The summed E-state index contributed by atoms with van der Waals surface area (Å²) in [5, 5.41) is 8.09. The highest BCUT2D eigenvalue weighted by Crippen LogP contribution is 2.33. The minimum atomic E-state index is -4.69. The van der Waals surface area contributed by atoms with E-state index in [4.69, 9.17) is 0 Å². The lowest BCUT2D eigenvalue weighted by atomic mass is 10.1. The molecule has 2 aromatic rings. The van der Waals surface area contributed by atoms with Crippen LogP contribution in [0, 0.1) is 0 Å². The number of benzene rings is 1. The molecule has 7 nitrogen and oxygen atoms in total. The van der Waals surface area contributed by atoms with E-state index in [2.05, 4.69) is 15.2 Å². The molecule has 0 atom stereocenters. The van der Waals surface area contributed by atoms with Gasteiger partial charge >= 0.3 is 18.4 Å². The van der Waals surface area contributed by atoms with Crippen molar-refractivity contribution in [1.82, 2.24) is 15.1 Å². The smallest absolute Gasteiger partial charge is 0.422 e. The number of rotatable bonds is 6. The lowest BCUT2D eigenvalue weighted by Gasteiger charge is -2.15. The van der Waals surface area contributed by atoms with Gasteiger partial charge in [0.1, 0.15) is 0 Å². The van der Waals surface area contributed by atoms with Crippen LogP contribution in [0.1, 0.15) is 12.0 Å². The average Bonchev–Trinajstić information content (AvgIpc) is 3.13. The van der Waals surface area contributed by atoms with Crippen LogP contribution in [0.25, 0.3) is 5.69 Å². The van der Waals surface area contributed by atoms with Crippen LogP contribution < -0.4 is 10.6 Å². The summed E-state index contributed by atoms with van der Waals surface area (Å²) in [6, 6.07) is 4.20. The fourth-order valence-electron chi connectivity index (χ4n) is 2.11. The Hall–Kier alpha value is -3.25. The molecule has 29 heavy (non-hydrogen) atoms. The number of hydrogen-bond donors (Lipinski definition) is 2. The number of hydrogen-bond acceptors (Lipinski definition) is 4. The molecule has 13 heteroatoms. The molecular weight excluding hydrogens is 410 g/mol. The Labute approximate surface area is 159 Å². The molecule has 1 aromatic heterocycles. The molecule has 0 saturated carbocycles. The van der Waals surface area contributed by atoms with E-state index in [1.807, 2.05) is 5.32 Å². The summed E-state index contributed by atoms with van der Waals surface area (Å²) in [4.78, 5) is 23.1. The van der Waals surface area contributed by atoms with Crippen molar-refractivity contribution < 1.29 is 40.7 Å². The number of alkyl carbamates (subject to hydrolysis) is 1. The molecule has 158 valence electrons. The Balaban J connectivity index is 2.00. The third kappa shape index (κ3) is 7.01. The number of amides is 2. The molecule has 0 radical (unpaired) electrons. The van der Waals surface area contributed by atoms with E-state index in [1.165, 1.54) is 23.1 Å². The third-order valence-corrected chi connectivity index (χ3v) is 3.34. The number of ether oxygens (including phenoxy) is 1. The van der Waals surface area contributed by atoms with Crippen molar-refractivity contribution in [3.63, 3.8) is 0 Å². The first-order valence-corrected chi connectivity index (χ1v) is 7.94. The van der Waals surface area contributed by atoms with Gasteiger partial charge in [-0.25, -0.2) is 9.48 Å². The van der Waals surface area contributed by atoms with Gasteiger partial charge in [-0.05, 0) is 24.3 Å². The van der Waals surface area contributed by atoms with E-state index in [0.717, 1.165) is 18.2 Å². The molecule has 2 amide bonds. The maximum absolute atomic E-state index is 13.0. The second-order valence-corrected chi connectivity index (χ2v) is 5.60. The van der Waals surface area contributed by atoms with Gasteiger partial charge in [0.25, 0.3) is 0 Å². The molecule has 0 unspecified atom stereocenters. The van der Waals surface area contributed by atoms with Crippen molar-refractivity contribution in [1.29, 1.82) is 0 Å². The van der Waals surface area contributed by atoms with Gasteiger partial charge in [-0.2, -0.15) is 31.4 Å². The molecule has 0 bridgehead atoms. The Kier molecular flexibility index (Phi) is 6.72. The zero-order valence-electron chi connectivity index (χ0n) is 14.5. The Morgan fingerprint density at radius 2 is 1.86 bits per heavy atom. The topological polar surface area (TPSA) is 85.3 Å². The highest BCUT2D eigenvalue weighted by molar-refractivity contribution is 5.93. The number of halogens is 6. The van der Waals surface area contributed by atoms with Crippen molar-refractivity contribution >= 4 is 17.7 Å². The lowest BCUT2D eigenvalue weighted by molar-refractivity contribution is -0.160. The van der Waals surface area contributed by atoms with Gasteiger partial charge in [0.2, 0.25) is 5.91 Å². The van der Waals surface area contributed by atoms with Gasteiger partial charge in [-0.3, -0.25) is 4.79 Å². The molecule has 1 aromatic carbocycles. The number of alkyl halides is 6. The molecule has 0 spiro atoms. The Morgan fingerprint density at radius 3 is 2.45 bits per heavy atom. The fourth-order valence-corrected chi connectivity index (χ4v) is 2.11. The fraction of sp³-hybridized carbons (Fsp3) is 0.312. The molecule has 0 fully saturated rings. The number of anilines is 1. The summed E-state index contributed by atoms with van der Waals surface area (Å²) in [6.45, 7) is -2.18. The summed E-state index contributed by atoms with van der Waals surface area (Å²) in [5.74, 6) is -0.783. The van der Waals surface area contributed by atoms with Crippen LogP contribution in [0.2, 0.25) is 0 Å². The zero-order valence-corrected chi connectivity index (χ0v) is 14.5. The van der Waals surface area contributed by atoms with Crippen LogP contribution >= 0.6 is 0 Å². The minimum absolute atomic E-state index is 0.161. The highest BCUT2D eigenvalue weighted by Gasteiger charge is 2.31. The van der Waals surface area contributed by atoms with Crippen LogP contribution in [0.4, 0.5) is 36.8 Å². The van der Waals surface area contributed by atoms with Crippen LogP contribution in [-0.4, -0.2) is 41.1 Å². The van der Waals surface area contributed by atoms with Crippen LogP contribution in [0.15, 0.2) is 36.7 Å². The van der Waals surface area contributed by atoms with E-state index in [9.17, 15) is 35.9 Å². The second-order valence-electron chi connectivity index (χ2n) is 5.60. The Bertz CT molecular complexity index is 849. The van der Waals surface area contributed by atoms with Crippen LogP contribution in [0.5, 0.6) is 0 Å². The van der Waals surface area contributed by atoms with Crippen LogP contribution in [-0.2, 0) is 15.7 Å². The number of carbonyl (C=O) groups excluding carboxylic acids is 2. The van der Waals surface area contributed by atoms with Crippen molar-refractivity contribution in [2.45, 2.75) is 18.8 Å². The zero-order chi connectivity index (χ0) is 21.7. The van der Waals surface area contributed by atoms with Gasteiger partial charge in [0.05, 0.1) is 16.9 Å². The molecule has 0 aliphatic heterocycles. The second kappa shape index (κ2) is 8.84. The summed E-state index contributed by atoms with van der Waals surface area (Å²) in [7, 11) is 0. The highest BCUT2D eigenvalue weighted by atomic mass is 19.4. The number of carbonyl (C=O) groups is 2. The normalized spacial score (nSPS) is 11.8. The molecule has 0 aliphatic rings. The molecule has 1 heterocycles. The standard InChI is InChI=1S/C16H14F6N4O3/c17-15(18,19)9-29-14(28)23-6-4-13(27)25-11-8-10(16(20,21)22)2-3-12(11)26-7-1-5-24-26/h1-3,5,7-8H,4,6,9H2,(H,23,28)(H,25,27). The summed E-state index contributed by atoms with van der Waals surface area (Å²) < 4.78 is 79.7. The molecule has 0 saturated heterocycles. The number of nitrogens with zero attached hydrogens (tertiary/aromatic N) is 2. The van der Waals surface area contributed by atoms with Crippen molar-refractivity contribution in [3.8, 4) is 5.69 Å². The van der Waals surface area contributed by atoms with Gasteiger partial charge in [0.15, 0.2) is 6.61 Å². The first-order chi connectivity index (χ1) is 13.5. The summed E-state index contributed by atoms with van der Waals surface area (Å²) >= 11 is 0. The predicted molar refractivity (Wildman–Crippen MR) is 87.2 cm³/mol. The third-order valence-electron chi connectivity index (χ3n) is 3.34. The first-order valence-electron chi connectivity index (χ1n) is 7.94. The van der Waals surface area contributed by atoms with E-state index >= 15 is 0 Å². The molecule has 2 rings (SSSR count). The van der Waals surface area contributed by atoms with E-state index in [-0.39, 0.29) is 11.4 Å². The number of aromatic nitrogens is 2. The maximum atomic E-state index is 13.0. The largest absolute Gasteiger partial charge is 0.440 e. The first kappa shape index (κ1) is 22.0. The minimum Gasteiger partial charge on any atom is -0.440 e. The van der Waals surface area contributed by atoms with Crippen molar-refractivity contribution in [2.75, 3.05) is 18.5 Å². The van der Waals surface area contributed by atoms with Gasteiger partial charge in [0, 0.05) is 25.4 Å². The average molecular weight is 424 g/mol. The van der Waals surface area contributed by atoms with Crippen LogP contribution in [0.3, 0.4) is 0 Å². The predicted octanol–water partition coefficient (Wildman–Crippen LogP) is 3.51. The Morgan fingerprint density at radius 1 is 1.14 bits per heavy atom. The van der Waals surface area contributed by atoms with Gasteiger partial charge in [-0.15, -0.1) is 0 Å². The summed E-state index contributed by atoms with van der Waals surface area (Å²) in [5.41, 5.74) is -1.03. The molecule has 0 aliphatic carbocycles. The summed E-state index contributed by atoms with van der Waals surface area (Å²) in [6.07, 6.45) is -8.30. The van der Waals surface area contributed by atoms with E-state index in [0.29, 0.717) is 0 Å². The van der Waals surface area contributed by atoms with E-state index < -0.39 is 49.5 Å². The van der Waals surface area contributed by atoms with Gasteiger partial charge in [-0.1, -0.05) is 0 Å². The van der Waals surface area contributed by atoms with Crippen molar-refractivity contribution in [2.24, 2.45) is 0 Å². The quantitative estimate of drug-likeness (QED) is 0.696. The van der Waals surface area contributed by atoms with Gasteiger partial charge < -0.3 is 15.4 Å².